The van der Waals surface area contributed by atoms with E-state index in [-0.39, 0.29) is 0 Å². The maximum atomic E-state index is 3.81. The van der Waals surface area contributed by atoms with Gasteiger partial charge < -0.3 is 10.2 Å². The Bertz CT molecular complexity index is 203. The average molecular weight is 238 g/mol. The predicted molar refractivity (Wildman–Crippen MR) is 74.3 cm³/mol. The molecule has 2 rings (SSSR count). The number of piperidine rings is 1. The van der Waals surface area contributed by atoms with Crippen LogP contribution in [0.3, 0.4) is 0 Å². The molecule has 1 saturated carbocycles. The lowest BCUT2D eigenvalue weighted by Gasteiger charge is -2.35. The first-order valence-electron chi connectivity index (χ1n) is 7.75. The number of rotatable bonds is 5. The van der Waals surface area contributed by atoms with Crippen LogP contribution in [0.1, 0.15) is 52.4 Å². The van der Waals surface area contributed by atoms with Gasteiger partial charge >= 0.3 is 0 Å². The Morgan fingerprint density at radius 3 is 2.35 bits per heavy atom. The molecule has 1 aliphatic heterocycles. The molecule has 17 heavy (non-hydrogen) atoms. The van der Waals surface area contributed by atoms with E-state index in [0.29, 0.717) is 0 Å². The van der Waals surface area contributed by atoms with Crippen LogP contribution in [0.2, 0.25) is 0 Å². The summed E-state index contributed by atoms with van der Waals surface area (Å²) in [5.41, 5.74) is 0. The molecule has 100 valence electrons. The van der Waals surface area contributed by atoms with E-state index in [0.717, 1.165) is 17.9 Å². The summed E-state index contributed by atoms with van der Waals surface area (Å²) in [7, 11) is 0. The number of hydrogen-bond acceptors (Lipinski definition) is 2. The summed E-state index contributed by atoms with van der Waals surface area (Å²) in [6.45, 7) is 9.82. The minimum absolute atomic E-state index is 0.731. The van der Waals surface area contributed by atoms with Gasteiger partial charge in [-0.3, -0.25) is 0 Å². The summed E-state index contributed by atoms with van der Waals surface area (Å²) < 4.78 is 0. The van der Waals surface area contributed by atoms with Crippen molar-refractivity contribution in [3.05, 3.63) is 0 Å². The predicted octanol–water partition coefficient (Wildman–Crippen LogP) is 2.89. The highest BCUT2D eigenvalue weighted by Gasteiger charge is 2.24. The molecule has 2 nitrogen and oxygen atoms in total. The second-order valence-electron chi connectivity index (χ2n) is 6.12. The third-order valence-corrected chi connectivity index (χ3v) is 4.99. The fraction of sp³-hybridized carbons (Fsp3) is 1.00. The van der Waals surface area contributed by atoms with Gasteiger partial charge in [0.25, 0.3) is 0 Å². The molecule has 0 radical (unpaired) electrons. The first-order valence-corrected chi connectivity index (χ1v) is 7.75. The second-order valence-corrected chi connectivity index (χ2v) is 6.12. The highest BCUT2D eigenvalue weighted by atomic mass is 15.1. The standard InChI is InChI=1S/C15H30N2/c1-3-17-10-8-15(9-11-17)13(2)16-12-14-6-4-5-7-14/h13-16H,3-12H2,1-2H3. The van der Waals surface area contributed by atoms with Crippen LogP contribution in [0.15, 0.2) is 0 Å². The number of nitrogens with one attached hydrogen (secondary N) is 1. The number of nitrogens with zero attached hydrogens (tertiary/aromatic N) is 1. The van der Waals surface area contributed by atoms with Crippen molar-refractivity contribution < 1.29 is 0 Å². The molecule has 0 aromatic rings. The van der Waals surface area contributed by atoms with Crippen LogP contribution < -0.4 is 5.32 Å². The van der Waals surface area contributed by atoms with Crippen molar-refractivity contribution in [1.29, 1.82) is 0 Å². The van der Waals surface area contributed by atoms with Gasteiger partial charge in [-0.05, 0) is 70.6 Å². The van der Waals surface area contributed by atoms with Crippen molar-refractivity contribution in [3.8, 4) is 0 Å². The van der Waals surface area contributed by atoms with E-state index in [1.807, 2.05) is 0 Å². The van der Waals surface area contributed by atoms with Gasteiger partial charge in [0, 0.05) is 6.04 Å². The van der Waals surface area contributed by atoms with Gasteiger partial charge in [0.15, 0.2) is 0 Å². The molecular formula is C15H30N2. The van der Waals surface area contributed by atoms with Crippen molar-refractivity contribution in [3.63, 3.8) is 0 Å². The summed E-state index contributed by atoms with van der Waals surface area (Å²) in [4.78, 5) is 2.58. The smallest absolute Gasteiger partial charge is 0.00680 e. The van der Waals surface area contributed by atoms with Crippen LogP contribution in [0.4, 0.5) is 0 Å². The first-order chi connectivity index (χ1) is 8.29. The Labute approximate surface area is 107 Å². The maximum absolute atomic E-state index is 3.81. The van der Waals surface area contributed by atoms with E-state index in [9.17, 15) is 0 Å². The molecule has 1 heterocycles. The zero-order valence-electron chi connectivity index (χ0n) is 11.8. The molecule has 0 bridgehead atoms. The lowest BCUT2D eigenvalue weighted by molar-refractivity contribution is 0.167. The summed E-state index contributed by atoms with van der Waals surface area (Å²) in [5, 5.41) is 3.81. The van der Waals surface area contributed by atoms with Crippen molar-refractivity contribution in [2.45, 2.75) is 58.4 Å². The summed E-state index contributed by atoms with van der Waals surface area (Å²) in [6.07, 6.45) is 8.66. The third kappa shape index (κ3) is 3.96. The largest absolute Gasteiger partial charge is 0.314 e. The molecule has 1 unspecified atom stereocenters. The minimum atomic E-state index is 0.731. The van der Waals surface area contributed by atoms with E-state index >= 15 is 0 Å². The summed E-state index contributed by atoms with van der Waals surface area (Å²) in [6, 6.07) is 0.731. The average Bonchev–Trinajstić information content (AvgIpc) is 2.89. The molecule has 2 heteroatoms. The van der Waals surface area contributed by atoms with E-state index in [4.69, 9.17) is 0 Å². The summed E-state index contributed by atoms with van der Waals surface area (Å²) in [5.74, 6) is 1.90. The van der Waals surface area contributed by atoms with Crippen LogP contribution in [0.25, 0.3) is 0 Å². The Hall–Kier alpha value is -0.0800. The molecular weight excluding hydrogens is 208 g/mol. The Morgan fingerprint density at radius 1 is 1.12 bits per heavy atom. The maximum Gasteiger partial charge on any atom is 0.00680 e. The van der Waals surface area contributed by atoms with Gasteiger partial charge in [-0.15, -0.1) is 0 Å². The van der Waals surface area contributed by atoms with Crippen LogP contribution in [0.5, 0.6) is 0 Å². The molecule has 1 atom stereocenters. The van der Waals surface area contributed by atoms with Gasteiger partial charge in [0.2, 0.25) is 0 Å². The minimum Gasteiger partial charge on any atom is -0.314 e. The normalized spacial score (nSPS) is 26.5. The molecule has 1 aliphatic carbocycles. The van der Waals surface area contributed by atoms with Crippen molar-refractivity contribution in [1.82, 2.24) is 10.2 Å². The zero-order chi connectivity index (χ0) is 12.1. The van der Waals surface area contributed by atoms with E-state index in [1.54, 1.807) is 0 Å². The van der Waals surface area contributed by atoms with Crippen molar-refractivity contribution in [2.75, 3.05) is 26.2 Å². The number of likely N-dealkylation sites (tertiary alicyclic amines) is 1. The quantitative estimate of drug-likeness (QED) is 0.792. The van der Waals surface area contributed by atoms with Gasteiger partial charge in [-0.2, -0.15) is 0 Å². The van der Waals surface area contributed by atoms with Crippen LogP contribution in [-0.4, -0.2) is 37.1 Å². The molecule has 0 spiro atoms. The van der Waals surface area contributed by atoms with Crippen LogP contribution >= 0.6 is 0 Å². The lowest BCUT2D eigenvalue weighted by Crippen LogP contribution is -2.42. The van der Waals surface area contributed by atoms with E-state index in [1.165, 1.54) is 64.7 Å². The molecule has 2 fully saturated rings. The van der Waals surface area contributed by atoms with Crippen molar-refractivity contribution >= 4 is 0 Å². The molecule has 0 aromatic heterocycles. The first kappa shape index (κ1) is 13.4. The Balaban J connectivity index is 1.64. The third-order valence-electron chi connectivity index (χ3n) is 4.99. The topological polar surface area (TPSA) is 15.3 Å². The second kappa shape index (κ2) is 6.75. The molecule has 0 amide bonds. The fourth-order valence-electron chi connectivity index (χ4n) is 3.50. The van der Waals surface area contributed by atoms with E-state index < -0.39 is 0 Å². The van der Waals surface area contributed by atoms with E-state index in [2.05, 4.69) is 24.1 Å². The molecule has 0 aromatic carbocycles. The molecule has 1 N–H and O–H groups in total. The van der Waals surface area contributed by atoms with Gasteiger partial charge in [0.05, 0.1) is 0 Å². The van der Waals surface area contributed by atoms with Crippen LogP contribution in [0, 0.1) is 11.8 Å². The number of hydrogen-bond donors (Lipinski definition) is 1. The highest BCUT2D eigenvalue weighted by Crippen LogP contribution is 2.25. The zero-order valence-corrected chi connectivity index (χ0v) is 11.8. The monoisotopic (exact) mass is 238 g/mol. The summed E-state index contributed by atoms with van der Waals surface area (Å²) >= 11 is 0. The van der Waals surface area contributed by atoms with Gasteiger partial charge in [-0.25, -0.2) is 0 Å². The molecule has 2 aliphatic rings. The SMILES string of the molecule is CCN1CCC(C(C)NCC2CCCC2)CC1. The Kier molecular flexibility index (Phi) is 5.30. The fourth-order valence-corrected chi connectivity index (χ4v) is 3.50. The molecule has 1 saturated heterocycles. The lowest BCUT2D eigenvalue weighted by atomic mass is 9.90. The Morgan fingerprint density at radius 2 is 1.76 bits per heavy atom. The van der Waals surface area contributed by atoms with Crippen LogP contribution in [-0.2, 0) is 0 Å². The van der Waals surface area contributed by atoms with Gasteiger partial charge in [-0.1, -0.05) is 19.8 Å². The van der Waals surface area contributed by atoms with Crippen molar-refractivity contribution in [2.24, 2.45) is 11.8 Å². The highest BCUT2D eigenvalue weighted by molar-refractivity contribution is 4.80. The van der Waals surface area contributed by atoms with Gasteiger partial charge in [0.1, 0.15) is 0 Å².